The van der Waals surface area contributed by atoms with E-state index in [4.69, 9.17) is 5.73 Å². The fourth-order valence-corrected chi connectivity index (χ4v) is 4.98. The molecule has 26 heavy (non-hydrogen) atoms. The van der Waals surface area contributed by atoms with Gasteiger partial charge in [0.1, 0.15) is 11.6 Å². The zero-order chi connectivity index (χ0) is 18.3. The fourth-order valence-electron chi connectivity index (χ4n) is 3.75. The smallest absolute Gasteiger partial charge is 0.264 e. The van der Waals surface area contributed by atoms with E-state index < -0.39 is 0 Å². The number of likely N-dealkylation sites (tertiary alicyclic amines) is 1. The van der Waals surface area contributed by atoms with Crippen LogP contribution in [-0.4, -0.2) is 49.8 Å². The summed E-state index contributed by atoms with van der Waals surface area (Å²) in [6.07, 6.45) is 2.87. The lowest BCUT2D eigenvalue weighted by atomic mass is 9.92. The van der Waals surface area contributed by atoms with Crippen LogP contribution >= 0.6 is 11.8 Å². The normalized spacial score (nSPS) is 22.3. The first kappa shape index (κ1) is 17.2. The number of piperidine rings is 1. The Balaban J connectivity index is 1.63. The van der Waals surface area contributed by atoms with Crippen molar-refractivity contribution in [3.05, 3.63) is 41.7 Å². The molecule has 0 bridgehead atoms. The molecule has 0 spiro atoms. The molecule has 4 rings (SSSR count). The van der Waals surface area contributed by atoms with E-state index in [0.717, 1.165) is 31.5 Å². The number of hydrogen-bond acceptors (Lipinski definition) is 6. The molecule has 1 amide bonds. The molecule has 0 radical (unpaired) electrons. The second-order valence-corrected chi connectivity index (χ2v) is 8.01. The van der Waals surface area contributed by atoms with E-state index in [1.807, 2.05) is 6.92 Å². The van der Waals surface area contributed by atoms with E-state index in [1.54, 1.807) is 0 Å². The quantitative estimate of drug-likeness (QED) is 0.878. The van der Waals surface area contributed by atoms with E-state index in [1.165, 1.54) is 28.3 Å². The standard InChI is InChI=1S/C18H21N5O2S/c1-11-2-4-12(5-3-11)14(22-8-6-13(7-9-22)16(19)24)15-17(25)23-18(26-15)20-10-21-23/h2-5,10,13-15H,6-9H2,1H3,(H2,19,24). The molecule has 3 heterocycles. The van der Waals surface area contributed by atoms with E-state index >= 15 is 0 Å². The third kappa shape index (κ3) is 3.03. The lowest BCUT2D eigenvalue weighted by Gasteiger charge is -2.38. The minimum absolute atomic E-state index is 0.0369. The topological polar surface area (TPSA) is 94.1 Å². The van der Waals surface area contributed by atoms with Gasteiger partial charge in [-0.3, -0.25) is 14.5 Å². The van der Waals surface area contributed by atoms with Crippen molar-refractivity contribution >= 4 is 23.6 Å². The zero-order valence-corrected chi connectivity index (χ0v) is 15.4. The number of carbonyl (C=O) groups is 2. The Labute approximate surface area is 155 Å². The lowest BCUT2D eigenvalue weighted by molar-refractivity contribution is -0.123. The molecule has 1 saturated heterocycles. The van der Waals surface area contributed by atoms with Gasteiger partial charge in [0.05, 0.1) is 6.04 Å². The number of benzene rings is 1. The lowest BCUT2D eigenvalue weighted by Crippen LogP contribution is -2.45. The first-order valence-electron chi connectivity index (χ1n) is 8.75. The summed E-state index contributed by atoms with van der Waals surface area (Å²) in [5, 5.41) is 4.40. The first-order valence-corrected chi connectivity index (χ1v) is 9.63. The van der Waals surface area contributed by atoms with Gasteiger partial charge in [0.25, 0.3) is 5.91 Å². The highest BCUT2D eigenvalue weighted by atomic mass is 32.2. The Morgan fingerprint density at radius 1 is 1.27 bits per heavy atom. The number of fused-ring (bicyclic) bond motifs is 1. The number of hydrogen-bond donors (Lipinski definition) is 1. The number of nitrogens with two attached hydrogens (primary N) is 1. The molecule has 2 atom stereocenters. The third-order valence-electron chi connectivity index (χ3n) is 5.23. The Morgan fingerprint density at radius 3 is 2.58 bits per heavy atom. The van der Waals surface area contributed by atoms with Gasteiger partial charge in [-0.25, -0.2) is 4.98 Å². The van der Waals surface area contributed by atoms with Crippen molar-refractivity contribution < 1.29 is 9.59 Å². The second kappa shape index (κ2) is 6.85. The Bertz CT molecular complexity index is 826. The van der Waals surface area contributed by atoms with E-state index in [9.17, 15) is 9.59 Å². The van der Waals surface area contributed by atoms with Gasteiger partial charge in [-0.05, 0) is 38.4 Å². The molecule has 1 aromatic carbocycles. The molecule has 2 aliphatic rings. The van der Waals surface area contributed by atoms with Crippen LogP contribution in [0.4, 0.5) is 0 Å². The second-order valence-electron chi connectivity index (χ2n) is 6.90. The van der Waals surface area contributed by atoms with Gasteiger partial charge in [-0.2, -0.15) is 9.78 Å². The summed E-state index contributed by atoms with van der Waals surface area (Å²) in [7, 11) is 0. The van der Waals surface area contributed by atoms with Crippen LogP contribution in [0.5, 0.6) is 0 Å². The Kier molecular flexibility index (Phi) is 4.54. The predicted molar refractivity (Wildman–Crippen MR) is 97.7 cm³/mol. The maximum absolute atomic E-state index is 12.9. The third-order valence-corrected chi connectivity index (χ3v) is 6.43. The molecule has 2 aromatic rings. The highest BCUT2D eigenvalue weighted by molar-refractivity contribution is 8.00. The summed E-state index contributed by atoms with van der Waals surface area (Å²) in [5.74, 6) is -0.341. The molecule has 7 nitrogen and oxygen atoms in total. The van der Waals surface area contributed by atoms with Gasteiger partial charge in [-0.1, -0.05) is 41.6 Å². The van der Waals surface area contributed by atoms with Gasteiger partial charge < -0.3 is 5.73 Å². The van der Waals surface area contributed by atoms with Crippen molar-refractivity contribution in [3.8, 4) is 0 Å². The number of rotatable bonds is 4. The molecule has 2 unspecified atom stereocenters. The maximum Gasteiger partial charge on any atom is 0.264 e. The number of aryl methyl sites for hydroxylation is 1. The van der Waals surface area contributed by atoms with E-state index in [2.05, 4.69) is 39.2 Å². The van der Waals surface area contributed by atoms with Gasteiger partial charge in [0.15, 0.2) is 5.16 Å². The minimum Gasteiger partial charge on any atom is -0.369 e. The summed E-state index contributed by atoms with van der Waals surface area (Å²) in [5.41, 5.74) is 7.75. The first-order chi connectivity index (χ1) is 12.5. The number of amides is 1. The molecule has 1 fully saturated rings. The molecule has 1 aromatic heterocycles. The maximum atomic E-state index is 12.9. The number of primary amides is 1. The van der Waals surface area contributed by atoms with Crippen LogP contribution in [0, 0.1) is 12.8 Å². The van der Waals surface area contributed by atoms with Crippen molar-refractivity contribution in [2.75, 3.05) is 13.1 Å². The monoisotopic (exact) mass is 371 g/mol. The van der Waals surface area contributed by atoms with Crippen LogP contribution in [0.2, 0.25) is 0 Å². The van der Waals surface area contributed by atoms with Gasteiger partial charge in [-0.15, -0.1) is 0 Å². The molecular formula is C18H21N5O2S. The van der Waals surface area contributed by atoms with Crippen LogP contribution in [0.15, 0.2) is 35.7 Å². The van der Waals surface area contributed by atoms with Crippen molar-refractivity contribution in [1.82, 2.24) is 19.7 Å². The van der Waals surface area contributed by atoms with Crippen LogP contribution in [0.1, 0.15) is 34.8 Å². The summed E-state index contributed by atoms with van der Waals surface area (Å²) in [6, 6.07) is 8.23. The Morgan fingerprint density at radius 2 is 1.96 bits per heavy atom. The zero-order valence-electron chi connectivity index (χ0n) is 14.5. The van der Waals surface area contributed by atoms with E-state index in [-0.39, 0.29) is 29.0 Å². The molecule has 2 aliphatic heterocycles. The van der Waals surface area contributed by atoms with Crippen LogP contribution in [0.25, 0.3) is 0 Å². The van der Waals surface area contributed by atoms with Crippen LogP contribution in [0.3, 0.4) is 0 Å². The van der Waals surface area contributed by atoms with Gasteiger partial charge >= 0.3 is 0 Å². The minimum atomic E-state index is -0.293. The number of aromatic nitrogens is 3. The highest BCUT2D eigenvalue weighted by Crippen LogP contribution is 2.41. The summed E-state index contributed by atoms with van der Waals surface area (Å²) in [6.45, 7) is 3.53. The molecule has 0 aliphatic carbocycles. The van der Waals surface area contributed by atoms with Crippen molar-refractivity contribution in [3.63, 3.8) is 0 Å². The fraction of sp³-hybridized carbons (Fsp3) is 0.444. The van der Waals surface area contributed by atoms with E-state index in [0.29, 0.717) is 5.16 Å². The Hall–Kier alpha value is -2.19. The number of thioether (sulfide) groups is 1. The molecule has 2 N–H and O–H groups in total. The van der Waals surface area contributed by atoms with Gasteiger partial charge in [0.2, 0.25) is 5.91 Å². The summed E-state index contributed by atoms with van der Waals surface area (Å²) < 4.78 is 1.40. The van der Waals surface area contributed by atoms with Crippen LogP contribution < -0.4 is 5.73 Å². The largest absolute Gasteiger partial charge is 0.369 e. The molecule has 136 valence electrons. The summed E-state index contributed by atoms with van der Waals surface area (Å²) in [4.78, 5) is 30.9. The van der Waals surface area contributed by atoms with Crippen molar-refractivity contribution in [1.29, 1.82) is 0 Å². The van der Waals surface area contributed by atoms with Crippen molar-refractivity contribution in [2.45, 2.75) is 36.2 Å². The average Bonchev–Trinajstić information content (AvgIpc) is 3.21. The number of carbonyl (C=O) groups excluding carboxylic acids is 2. The highest BCUT2D eigenvalue weighted by Gasteiger charge is 2.43. The average molecular weight is 371 g/mol. The van der Waals surface area contributed by atoms with Crippen LogP contribution in [-0.2, 0) is 4.79 Å². The molecule has 0 saturated carbocycles. The molecular weight excluding hydrogens is 350 g/mol. The SMILES string of the molecule is Cc1ccc(C(C2Sc3ncnn3C2=O)N2CCC(C(N)=O)CC2)cc1. The predicted octanol–water partition coefficient (Wildman–Crippen LogP) is 1.64. The van der Waals surface area contributed by atoms with Crippen molar-refractivity contribution in [2.24, 2.45) is 11.7 Å². The number of nitrogens with zero attached hydrogens (tertiary/aromatic N) is 4. The summed E-state index contributed by atoms with van der Waals surface area (Å²) >= 11 is 1.47. The molecule has 8 heteroatoms. The van der Waals surface area contributed by atoms with Gasteiger partial charge in [0, 0.05) is 5.92 Å².